The predicted octanol–water partition coefficient (Wildman–Crippen LogP) is 6.02. The lowest BCUT2D eigenvalue weighted by Crippen LogP contribution is -2.54. The van der Waals surface area contributed by atoms with Gasteiger partial charge < -0.3 is 14.3 Å². The molecule has 170 valence electrons. The maximum absolute atomic E-state index is 12.7. The van der Waals surface area contributed by atoms with Crippen LogP contribution >= 0.6 is 0 Å². The molecule has 0 aromatic carbocycles. The van der Waals surface area contributed by atoms with Gasteiger partial charge in [0, 0.05) is 5.56 Å². The van der Waals surface area contributed by atoms with E-state index < -0.39 is 5.63 Å². The Labute approximate surface area is 186 Å². The average molecular weight is 427 g/mol. The van der Waals surface area contributed by atoms with Crippen LogP contribution in [0.4, 0.5) is 0 Å². The summed E-state index contributed by atoms with van der Waals surface area (Å²) in [6.45, 7) is 17.1. The Bertz CT molecular complexity index is 982. The lowest BCUT2D eigenvalue weighted by molar-refractivity contribution is -0.110. The smallest absolute Gasteiger partial charge is 0.342 e. The summed E-state index contributed by atoms with van der Waals surface area (Å²) in [5.41, 5.74) is 3.32. The molecule has 2 saturated carbocycles. The van der Waals surface area contributed by atoms with E-state index in [1.807, 2.05) is 6.92 Å². The number of aromatic hydroxyl groups is 1. The van der Waals surface area contributed by atoms with Gasteiger partial charge in [-0.2, -0.15) is 0 Å². The van der Waals surface area contributed by atoms with Gasteiger partial charge in [0.15, 0.2) is 0 Å². The van der Waals surface area contributed by atoms with Gasteiger partial charge in [-0.15, -0.1) is 0 Å². The van der Waals surface area contributed by atoms with Gasteiger partial charge in [0.2, 0.25) is 0 Å². The second-order valence-corrected chi connectivity index (χ2v) is 11.1. The topological polar surface area (TPSA) is 59.7 Å². The second-order valence-electron chi connectivity index (χ2n) is 11.1. The van der Waals surface area contributed by atoms with Crippen molar-refractivity contribution in [3.05, 3.63) is 51.1 Å². The van der Waals surface area contributed by atoms with E-state index in [-0.39, 0.29) is 28.6 Å². The largest absolute Gasteiger partial charge is 0.507 e. The predicted molar refractivity (Wildman–Crippen MR) is 123 cm³/mol. The van der Waals surface area contributed by atoms with E-state index in [0.29, 0.717) is 35.3 Å². The highest BCUT2D eigenvalue weighted by Gasteiger charge is 2.61. The Morgan fingerprint density at radius 2 is 1.94 bits per heavy atom. The zero-order chi connectivity index (χ0) is 22.7. The van der Waals surface area contributed by atoms with Gasteiger partial charge >= 0.3 is 5.63 Å². The number of hydrogen-bond donors (Lipinski definition) is 1. The van der Waals surface area contributed by atoms with E-state index in [9.17, 15) is 9.90 Å². The minimum atomic E-state index is -0.410. The number of allylic oxidation sites excluding steroid dienone is 2. The molecule has 1 N–H and O–H groups in total. The van der Waals surface area contributed by atoms with E-state index in [1.54, 1.807) is 6.92 Å². The Balaban J connectivity index is 1.70. The number of rotatable bonds is 3. The minimum Gasteiger partial charge on any atom is -0.507 e. The maximum Gasteiger partial charge on any atom is 0.342 e. The third-order valence-corrected chi connectivity index (χ3v) is 8.88. The number of fused-ring (bicyclic) bond motifs is 3. The molecule has 4 heteroatoms. The van der Waals surface area contributed by atoms with Crippen molar-refractivity contribution in [1.82, 2.24) is 0 Å². The van der Waals surface area contributed by atoms with E-state index in [2.05, 4.69) is 40.3 Å². The van der Waals surface area contributed by atoms with E-state index in [0.717, 1.165) is 32.1 Å². The van der Waals surface area contributed by atoms with Gasteiger partial charge in [-0.25, -0.2) is 4.79 Å². The summed E-state index contributed by atoms with van der Waals surface area (Å²) in [5, 5.41) is 10.8. The van der Waals surface area contributed by atoms with Crippen LogP contribution in [-0.2, 0) is 11.2 Å². The molecule has 2 aliphatic carbocycles. The molecular formula is C27H38O4. The number of aryl methyl sites for hydroxylation is 1. The lowest BCUT2D eigenvalue weighted by Gasteiger charge is -2.59. The van der Waals surface area contributed by atoms with Gasteiger partial charge in [0.05, 0.1) is 17.8 Å². The Hall–Kier alpha value is -1.81. The van der Waals surface area contributed by atoms with E-state index >= 15 is 0 Å². The van der Waals surface area contributed by atoms with Crippen molar-refractivity contribution in [3.63, 3.8) is 0 Å². The fourth-order valence-electron chi connectivity index (χ4n) is 7.16. The summed E-state index contributed by atoms with van der Waals surface area (Å²) in [5.74, 6) is 1.24. The first-order chi connectivity index (χ1) is 14.5. The third-order valence-electron chi connectivity index (χ3n) is 8.88. The molecule has 4 nitrogen and oxygen atoms in total. The zero-order valence-corrected chi connectivity index (χ0v) is 20.0. The molecule has 4 rings (SSSR count). The SMILES string of the molecule is C=C1CC[C@H]2[C@]3(C)CC(C=C(C)C)O[C@H]3CC[C@]2(C)[C@@H]1Cc1c(O)c(C)c(C)oc1=O. The molecule has 3 aliphatic rings. The number of ether oxygens (including phenoxy) is 1. The van der Waals surface area contributed by atoms with Crippen LogP contribution in [0.3, 0.4) is 0 Å². The van der Waals surface area contributed by atoms with Crippen LogP contribution in [-0.4, -0.2) is 17.3 Å². The molecule has 2 heterocycles. The van der Waals surface area contributed by atoms with Crippen LogP contribution in [0.15, 0.2) is 33.0 Å². The first kappa shape index (κ1) is 22.4. The molecule has 0 bridgehead atoms. The normalized spacial score (nSPS) is 37.3. The fourth-order valence-corrected chi connectivity index (χ4v) is 7.16. The molecule has 3 fully saturated rings. The molecule has 1 aromatic heterocycles. The molecular weight excluding hydrogens is 388 g/mol. The van der Waals surface area contributed by atoms with Crippen molar-refractivity contribution in [1.29, 1.82) is 0 Å². The van der Waals surface area contributed by atoms with Crippen molar-refractivity contribution in [3.8, 4) is 5.75 Å². The van der Waals surface area contributed by atoms with Crippen LogP contribution in [0.25, 0.3) is 0 Å². The standard InChI is InChI=1S/C27H38O4/c1-15(2)12-19-14-27(7)22-9-8-16(3)21(26(22,6)11-10-23(27)31-19)13-20-24(28)17(4)18(5)30-25(20)29/h12,19,21-23,28H,3,8-11,13-14H2,1-2,4-7H3/t19?,21-,22-,23+,26-,27+/m1/s1. The molecule has 0 amide bonds. The highest BCUT2D eigenvalue weighted by atomic mass is 16.5. The van der Waals surface area contributed by atoms with Gasteiger partial charge in [0.1, 0.15) is 11.5 Å². The van der Waals surface area contributed by atoms with Crippen LogP contribution in [0.2, 0.25) is 0 Å². The van der Waals surface area contributed by atoms with Gasteiger partial charge in [-0.05, 0) is 88.9 Å². The van der Waals surface area contributed by atoms with Crippen LogP contribution in [0.1, 0.15) is 76.7 Å². The summed E-state index contributed by atoms with van der Waals surface area (Å²) >= 11 is 0. The Morgan fingerprint density at radius 3 is 2.61 bits per heavy atom. The van der Waals surface area contributed by atoms with Crippen LogP contribution < -0.4 is 5.63 Å². The van der Waals surface area contributed by atoms with Crippen LogP contribution in [0, 0.1) is 36.5 Å². The van der Waals surface area contributed by atoms with Crippen molar-refractivity contribution in [2.24, 2.45) is 22.7 Å². The average Bonchev–Trinajstić information content (AvgIpc) is 2.99. The quantitative estimate of drug-likeness (QED) is 0.601. The first-order valence-electron chi connectivity index (χ1n) is 11.8. The third kappa shape index (κ3) is 3.51. The van der Waals surface area contributed by atoms with Crippen LogP contribution in [0.5, 0.6) is 5.75 Å². The Kier molecular flexibility index (Phi) is 5.53. The van der Waals surface area contributed by atoms with Gasteiger partial charge in [-0.1, -0.05) is 37.6 Å². The maximum atomic E-state index is 12.7. The molecule has 31 heavy (non-hydrogen) atoms. The monoisotopic (exact) mass is 426 g/mol. The summed E-state index contributed by atoms with van der Waals surface area (Å²) < 4.78 is 12.0. The summed E-state index contributed by atoms with van der Waals surface area (Å²) in [7, 11) is 0. The molecule has 1 unspecified atom stereocenters. The van der Waals surface area contributed by atoms with Gasteiger partial charge in [-0.3, -0.25) is 0 Å². The Morgan fingerprint density at radius 1 is 1.23 bits per heavy atom. The lowest BCUT2D eigenvalue weighted by atomic mass is 9.45. The van der Waals surface area contributed by atoms with E-state index in [1.165, 1.54) is 11.1 Å². The van der Waals surface area contributed by atoms with Crippen molar-refractivity contribution in [2.45, 2.75) is 92.3 Å². The molecule has 0 spiro atoms. The fraction of sp³-hybridized carbons (Fsp3) is 0.667. The van der Waals surface area contributed by atoms with Gasteiger partial charge in [0.25, 0.3) is 0 Å². The van der Waals surface area contributed by atoms with E-state index in [4.69, 9.17) is 9.15 Å². The second kappa shape index (κ2) is 7.65. The first-order valence-corrected chi connectivity index (χ1v) is 11.8. The highest BCUT2D eigenvalue weighted by molar-refractivity contribution is 5.40. The summed E-state index contributed by atoms with van der Waals surface area (Å²) in [4.78, 5) is 12.7. The van der Waals surface area contributed by atoms with Crippen molar-refractivity contribution < 1.29 is 14.3 Å². The molecule has 6 atom stereocenters. The summed E-state index contributed by atoms with van der Waals surface area (Å²) in [6.07, 6.45) is 8.50. The molecule has 1 aliphatic heterocycles. The highest BCUT2D eigenvalue weighted by Crippen LogP contribution is 2.65. The molecule has 1 saturated heterocycles. The number of hydrogen-bond acceptors (Lipinski definition) is 4. The summed E-state index contributed by atoms with van der Waals surface area (Å²) in [6, 6.07) is 0. The molecule has 1 aromatic rings. The minimum absolute atomic E-state index is 0.0292. The molecule has 0 radical (unpaired) electrons. The zero-order valence-electron chi connectivity index (χ0n) is 20.0. The van der Waals surface area contributed by atoms with Crippen molar-refractivity contribution >= 4 is 0 Å². The van der Waals surface area contributed by atoms with Crippen molar-refractivity contribution in [2.75, 3.05) is 0 Å².